The Bertz CT molecular complexity index is 1060. The summed E-state index contributed by atoms with van der Waals surface area (Å²) in [5.74, 6) is 1.69. The summed E-state index contributed by atoms with van der Waals surface area (Å²) < 4.78 is 17.3. The number of amides is 1. The van der Waals surface area contributed by atoms with Crippen LogP contribution in [0.15, 0.2) is 30.3 Å². The number of halogens is 1. The van der Waals surface area contributed by atoms with Gasteiger partial charge in [-0.1, -0.05) is 31.3 Å². The van der Waals surface area contributed by atoms with E-state index in [1.165, 1.54) is 11.3 Å². The number of benzene rings is 2. The zero-order valence-electron chi connectivity index (χ0n) is 20.0. The van der Waals surface area contributed by atoms with Crippen molar-refractivity contribution >= 4 is 45.0 Å². The van der Waals surface area contributed by atoms with Crippen molar-refractivity contribution in [3.05, 3.63) is 41.5 Å². The Labute approximate surface area is 205 Å². The van der Waals surface area contributed by atoms with E-state index >= 15 is 0 Å². The summed E-state index contributed by atoms with van der Waals surface area (Å²) in [6, 6.07) is 9.14. The number of carbonyl (C=O) groups excluding carboxylic acids is 1. The van der Waals surface area contributed by atoms with E-state index in [1.54, 1.807) is 44.4 Å². The van der Waals surface area contributed by atoms with Crippen LogP contribution in [0.3, 0.4) is 0 Å². The molecule has 0 atom stereocenters. The Kier molecular flexibility index (Phi) is 9.76. The van der Waals surface area contributed by atoms with Crippen LogP contribution < -0.4 is 19.1 Å². The molecule has 3 aromatic rings. The van der Waals surface area contributed by atoms with Crippen LogP contribution in [0.5, 0.6) is 17.2 Å². The van der Waals surface area contributed by atoms with E-state index in [1.807, 2.05) is 19.1 Å². The van der Waals surface area contributed by atoms with Gasteiger partial charge in [-0.3, -0.25) is 9.69 Å². The molecule has 3 rings (SSSR count). The van der Waals surface area contributed by atoms with E-state index in [4.69, 9.17) is 19.2 Å². The lowest BCUT2D eigenvalue weighted by Gasteiger charge is -2.25. The molecule has 0 saturated heterocycles. The number of aryl methyl sites for hydroxylation is 1. The van der Waals surface area contributed by atoms with Gasteiger partial charge in [0.15, 0.2) is 5.13 Å². The summed E-state index contributed by atoms with van der Waals surface area (Å²) in [4.78, 5) is 22.6. The molecule has 180 valence electrons. The predicted octanol–water partition coefficient (Wildman–Crippen LogP) is 5.04. The third-order valence-electron chi connectivity index (χ3n) is 5.52. The predicted molar refractivity (Wildman–Crippen MR) is 137 cm³/mol. The first-order valence-corrected chi connectivity index (χ1v) is 11.5. The molecule has 7 nitrogen and oxygen atoms in total. The zero-order valence-corrected chi connectivity index (χ0v) is 21.6. The lowest BCUT2D eigenvalue weighted by molar-refractivity contribution is 0.0983. The van der Waals surface area contributed by atoms with Crippen LogP contribution in [0.1, 0.15) is 29.8 Å². The number of thiazole rings is 1. The SMILES string of the molecule is CCN(CC)CCN(C(=O)c1cc(OC)cc(OC)c1)c1nc2c(OC)ccc(C)c2s1.Cl. The standard InChI is InChI=1S/C24H31N3O4S.ClH/c1-7-26(8-2)11-12-27(23(28)17-13-18(29-4)15-19(14-17)30-5)24-25-21-20(31-6)10-9-16(3)22(21)32-24;/h9-10,13-15H,7-8,11-12H2,1-6H3;1H. The molecule has 33 heavy (non-hydrogen) atoms. The Morgan fingerprint density at radius 3 is 2.15 bits per heavy atom. The summed E-state index contributed by atoms with van der Waals surface area (Å²) in [6.07, 6.45) is 0. The highest BCUT2D eigenvalue weighted by Gasteiger charge is 2.24. The molecular weight excluding hydrogens is 462 g/mol. The van der Waals surface area contributed by atoms with Gasteiger partial charge in [-0.2, -0.15) is 0 Å². The van der Waals surface area contributed by atoms with E-state index in [0.717, 1.165) is 35.4 Å². The average molecular weight is 494 g/mol. The second-order valence-electron chi connectivity index (χ2n) is 7.34. The van der Waals surface area contributed by atoms with Gasteiger partial charge in [0.1, 0.15) is 22.8 Å². The van der Waals surface area contributed by atoms with Crippen LogP contribution in [-0.2, 0) is 0 Å². The maximum Gasteiger partial charge on any atom is 0.260 e. The summed E-state index contributed by atoms with van der Waals surface area (Å²) in [5, 5.41) is 0.645. The molecule has 0 aliphatic carbocycles. The van der Waals surface area contributed by atoms with Gasteiger partial charge in [0.2, 0.25) is 0 Å². The van der Waals surface area contributed by atoms with Crippen LogP contribution in [-0.4, -0.2) is 63.3 Å². The fourth-order valence-corrected chi connectivity index (χ4v) is 4.61. The molecule has 0 radical (unpaired) electrons. The van der Waals surface area contributed by atoms with Gasteiger partial charge in [-0.05, 0) is 43.8 Å². The normalized spacial score (nSPS) is 10.8. The quantitative estimate of drug-likeness (QED) is 0.394. The average Bonchev–Trinajstić information content (AvgIpc) is 3.27. The highest BCUT2D eigenvalue weighted by atomic mass is 35.5. The minimum atomic E-state index is -0.148. The fraction of sp³-hybridized carbons (Fsp3) is 0.417. The largest absolute Gasteiger partial charge is 0.497 e. The van der Waals surface area contributed by atoms with Gasteiger partial charge in [0, 0.05) is 24.7 Å². The summed E-state index contributed by atoms with van der Waals surface area (Å²) in [5.41, 5.74) is 2.36. The van der Waals surface area contributed by atoms with Crippen LogP contribution >= 0.6 is 23.7 Å². The third kappa shape index (κ3) is 5.88. The van der Waals surface area contributed by atoms with E-state index < -0.39 is 0 Å². The van der Waals surface area contributed by atoms with E-state index in [9.17, 15) is 4.79 Å². The number of fused-ring (bicyclic) bond motifs is 1. The Morgan fingerprint density at radius 1 is 0.970 bits per heavy atom. The first-order valence-electron chi connectivity index (χ1n) is 10.7. The number of nitrogens with zero attached hydrogens (tertiary/aromatic N) is 3. The molecule has 0 bridgehead atoms. The van der Waals surface area contributed by atoms with Gasteiger partial charge in [0.05, 0.1) is 26.0 Å². The Hall–Kier alpha value is -2.55. The van der Waals surface area contributed by atoms with Gasteiger partial charge in [0.25, 0.3) is 5.91 Å². The zero-order chi connectivity index (χ0) is 23.3. The van der Waals surface area contributed by atoms with Gasteiger partial charge in [-0.15, -0.1) is 12.4 Å². The van der Waals surface area contributed by atoms with Crippen LogP contribution in [0.2, 0.25) is 0 Å². The first-order chi connectivity index (χ1) is 15.4. The Morgan fingerprint density at radius 2 is 1.61 bits per heavy atom. The smallest absolute Gasteiger partial charge is 0.260 e. The molecular formula is C24H32ClN3O4S. The van der Waals surface area contributed by atoms with Crippen LogP contribution in [0, 0.1) is 6.92 Å². The van der Waals surface area contributed by atoms with Crippen LogP contribution in [0.4, 0.5) is 5.13 Å². The van der Waals surface area contributed by atoms with E-state index in [-0.39, 0.29) is 18.3 Å². The van der Waals surface area contributed by atoms with Crippen molar-refractivity contribution in [1.82, 2.24) is 9.88 Å². The molecule has 9 heteroatoms. The maximum absolute atomic E-state index is 13.7. The number of hydrogen-bond acceptors (Lipinski definition) is 7. The second-order valence-corrected chi connectivity index (χ2v) is 8.32. The number of hydrogen-bond donors (Lipinski definition) is 0. The maximum atomic E-state index is 13.7. The molecule has 0 spiro atoms. The molecule has 0 fully saturated rings. The molecule has 0 saturated carbocycles. The molecule has 0 unspecified atom stereocenters. The van der Waals surface area contributed by atoms with Gasteiger partial charge in [-0.25, -0.2) is 4.98 Å². The number of aromatic nitrogens is 1. The van der Waals surface area contributed by atoms with Crippen molar-refractivity contribution in [2.24, 2.45) is 0 Å². The lowest BCUT2D eigenvalue weighted by atomic mass is 10.1. The van der Waals surface area contributed by atoms with Gasteiger partial charge < -0.3 is 19.1 Å². The van der Waals surface area contributed by atoms with E-state index in [0.29, 0.717) is 34.5 Å². The Balaban J connectivity index is 0.00000385. The summed E-state index contributed by atoms with van der Waals surface area (Å²) in [7, 11) is 4.78. The van der Waals surface area contributed by atoms with E-state index in [2.05, 4.69) is 18.7 Å². The highest BCUT2D eigenvalue weighted by Crippen LogP contribution is 2.37. The number of carbonyl (C=O) groups is 1. The number of anilines is 1. The number of ether oxygens (including phenoxy) is 3. The first kappa shape index (κ1) is 26.7. The molecule has 0 aliphatic heterocycles. The lowest BCUT2D eigenvalue weighted by Crippen LogP contribution is -2.38. The number of methoxy groups -OCH3 is 3. The highest BCUT2D eigenvalue weighted by molar-refractivity contribution is 7.22. The number of likely N-dealkylation sites (N-methyl/N-ethyl adjacent to an activating group) is 1. The van der Waals surface area contributed by atoms with Crippen molar-refractivity contribution in [2.45, 2.75) is 20.8 Å². The molecule has 1 aromatic heterocycles. The molecule has 1 heterocycles. The van der Waals surface area contributed by atoms with Crippen molar-refractivity contribution in [2.75, 3.05) is 52.4 Å². The monoisotopic (exact) mass is 493 g/mol. The summed E-state index contributed by atoms with van der Waals surface area (Å²) >= 11 is 1.50. The minimum absolute atomic E-state index is 0. The minimum Gasteiger partial charge on any atom is -0.497 e. The summed E-state index contributed by atoms with van der Waals surface area (Å²) in [6.45, 7) is 9.37. The molecule has 0 N–H and O–H groups in total. The van der Waals surface area contributed by atoms with Crippen molar-refractivity contribution in [3.8, 4) is 17.2 Å². The van der Waals surface area contributed by atoms with Crippen molar-refractivity contribution in [3.63, 3.8) is 0 Å². The number of rotatable bonds is 10. The second kappa shape index (κ2) is 12.1. The molecule has 1 amide bonds. The third-order valence-corrected chi connectivity index (χ3v) is 6.73. The van der Waals surface area contributed by atoms with Gasteiger partial charge >= 0.3 is 0 Å². The van der Waals surface area contributed by atoms with Crippen molar-refractivity contribution < 1.29 is 19.0 Å². The molecule has 2 aromatic carbocycles. The fourth-order valence-electron chi connectivity index (χ4n) is 3.53. The van der Waals surface area contributed by atoms with Crippen LogP contribution in [0.25, 0.3) is 10.2 Å². The van der Waals surface area contributed by atoms with Crippen molar-refractivity contribution in [1.29, 1.82) is 0 Å². The topological polar surface area (TPSA) is 64.1 Å². The molecule has 0 aliphatic rings.